The summed E-state index contributed by atoms with van der Waals surface area (Å²) in [5, 5.41) is 3.27. The van der Waals surface area contributed by atoms with Crippen LogP contribution in [0.2, 0.25) is 0 Å². The van der Waals surface area contributed by atoms with E-state index in [1.807, 2.05) is 19.1 Å². The van der Waals surface area contributed by atoms with Gasteiger partial charge in [-0.3, -0.25) is 0 Å². The minimum absolute atomic E-state index is 0.00775. The Balaban J connectivity index is 1.55. The van der Waals surface area contributed by atoms with E-state index in [-0.39, 0.29) is 11.9 Å². The van der Waals surface area contributed by atoms with Crippen LogP contribution in [0.4, 0.5) is 10.1 Å². The number of aromatic nitrogens is 1. The van der Waals surface area contributed by atoms with Gasteiger partial charge in [-0.25, -0.2) is 9.37 Å². The molecule has 0 aliphatic carbocycles. The Morgan fingerprint density at radius 3 is 3.05 bits per heavy atom. The summed E-state index contributed by atoms with van der Waals surface area (Å²) >= 11 is 0. The maximum Gasteiger partial charge on any atom is 0.213 e. The van der Waals surface area contributed by atoms with Crippen LogP contribution in [-0.4, -0.2) is 24.2 Å². The predicted octanol–water partition coefficient (Wildman–Crippen LogP) is 3.04. The molecule has 1 aromatic heterocycles. The average Bonchev–Trinajstić information content (AvgIpc) is 2.89. The minimum Gasteiger partial charge on any atom is -0.488 e. The highest BCUT2D eigenvalue weighted by molar-refractivity contribution is 5.43. The Morgan fingerprint density at radius 1 is 1.38 bits per heavy atom. The predicted molar refractivity (Wildman–Crippen MR) is 78.4 cm³/mol. The van der Waals surface area contributed by atoms with E-state index >= 15 is 0 Å². The van der Waals surface area contributed by atoms with Crippen LogP contribution in [0.1, 0.15) is 12.5 Å². The molecule has 21 heavy (non-hydrogen) atoms. The Hall–Kier alpha value is -2.30. The Morgan fingerprint density at radius 2 is 2.29 bits per heavy atom. The van der Waals surface area contributed by atoms with Crippen LogP contribution in [0.15, 0.2) is 36.5 Å². The number of hydrogen-bond donors (Lipinski definition) is 1. The number of fused-ring (bicyclic) bond motifs is 1. The van der Waals surface area contributed by atoms with Crippen LogP contribution in [0.25, 0.3) is 0 Å². The van der Waals surface area contributed by atoms with Gasteiger partial charge < -0.3 is 14.8 Å². The number of ether oxygens (including phenoxy) is 2. The molecular weight excluding hydrogens is 271 g/mol. The number of hydrogen-bond acceptors (Lipinski definition) is 4. The number of anilines is 1. The van der Waals surface area contributed by atoms with Crippen molar-refractivity contribution in [1.82, 2.24) is 4.98 Å². The third-order valence-corrected chi connectivity index (χ3v) is 3.33. The summed E-state index contributed by atoms with van der Waals surface area (Å²) in [6, 6.07) is 8.38. The molecule has 0 radical (unpaired) electrons. The molecule has 0 fully saturated rings. The van der Waals surface area contributed by atoms with Gasteiger partial charge in [0.2, 0.25) is 5.88 Å². The van der Waals surface area contributed by atoms with Crippen molar-refractivity contribution in [3.63, 3.8) is 0 Å². The summed E-state index contributed by atoms with van der Waals surface area (Å²) in [4.78, 5) is 4.19. The lowest BCUT2D eigenvalue weighted by Crippen LogP contribution is -2.23. The molecule has 110 valence electrons. The van der Waals surface area contributed by atoms with Crippen molar-refractivity contribution >= 4 is 5.69 Å². The Labute approximate surface area is 122 Å². The SMILES string of the molecule is CCOc1ccc(NCC2Cc3cc(F)ccc3O2)cn1. The van der Waals surface area contributed by atoms with Gasteiger partial charge in [-0.2, -0.15) is 0 Å². The van der Waals surface area contributed by atoms with Gasteiger partial charge in [-0.15, -0.1) is 0 Å². The number of nitrogens with one attached hydrogen (secondary N) is 1. The molecule has 1 aliphatic heterocycles. The highest BCUT2D eigenvalue weighted by atomic mass is 19.1. The summed E-state index contributed by atoms with van der Waals surface area (Å²) in [6.45, 7) is 3.17. The van der Waals surface area contributed by atoms with Gasteiger partial charge in [-0.05, 0) is 31.2 Å². The molecule has 0 spiro atoms. The van der Waals surface area contributed by atoms with Gasteiger partial charge in [0.25, 0.3) is 0 Å². The van der Waals surface area contributed by atoms with Gasteiger partial charge in [0, 0.05) is 18.1 Å². The molecule has 0 bridgehead atoms. The fourth-order valence-electron chi connectivity index (χ4n) is 2.35. The molecule has 3 rings (SSSR count). The summed E-state index contributed by atoms with van der Waals surface area (Å²) < 4.78 is 24.2. The summed E-state index contributed by atoms with van der Waals surface area (Å²) in [5.41, 5.74) is 1.83. The first-order valence-corrected chi connectivity index (χ1v) is 7.02. The number of nitrogens with zero attached hydrogens (tertiary/aromatic N) is 1. The van der Waals surface area contributed by atoms with Gasteiger partial charge in [0.1, 0.15) is 17.7 Å². The lowest BCUT2D eigenvalue weighted by atomic mass is 10.1. The first kappa shape index (κ1) is 13.7. The summed E-state index contributed by atoms with van der Waals surface area (Å²) in [7, 11) is 0. The number of benzene rings is 1. The lowest BCUT2D eigenvalue weighted by molar-refractivity contribution is 0.246. The Kier molecular flexibility index (Phi) is 3.90. The standard InChI is InChI=1S/C16H17FN2O2/c1-2-20-16-6-4-13(9-19-16)18-10-14-8-11-7-12(17)3-5-15(11)21-14/h3-7,9,14,18H,2,8,10H2,1H3. The van der Waals surface area contributed by atoms with Crippen molar-refractivity contribution in [3.05, 3.63) is 47.9 Å². The van der Waals surface area contributed by atoms with Crippen molar-refractivity contribution in [1.29, 1.82) is 0 Å². The van der Waals surface area contributed by atoms with Crippen LogP contribution in [0.3, 0.4) is 0 Å². The van der Waals surface area contributed by atoms with Crippen molar-refractivity contribution in [2.75, 3.05) is 18.5 Å². The van der Waals surface area contributed by atoms with Crippen molar-refractivity contribution < 1.29 is 13.9 Å². The minimum atomic E-state index is -0.221. The van der Waals surface area contributed by atoms with E-state index in [2.05, 4.69) is 10.3 Å². The molecule has 1 atom stereocenters. The molecule has 0 saturated carbocycles. The molecule has 4 nitrogen and oxygen atoms in total. The molecule has 0 amide bonds. The number of pyridine rings is 1. The van der Waals surface area contributed by atoms with Gasteiger partial charge in [0.15, 0.2) is 0 Å². The molecule has 1 N–H and O–H groups in total. The number of halogens is 1. The smallest absolute Gasteiger partial charge is 0.213 e. The molecule has 5 heteroatoms. The quantitative estimate of drug-likeness (QED) is 0.918. The van der Waals surface area contributed by atoms with Gasteiger partial charge in [0.05, 0.1) is 25.0 Å². The second kappa shape index (κ2) is 5.99. The Bertz CT molecular complexity index is 616. The zero-order chi connectivity index (χ0) is 14.7. The molecule has 2 heterocycles. The largest absolute Gasteiger partial charge is 0.488 e. The van der Waals surface area contributed by atoms with E-state index in [0.29, 0.717) is 25.5 Å². The van der Waals surface area contributed by atoms with Crippen LogP contribution in [0.5, 0.6) is 11.6 Å². The van der Waals surface area contributed by atoms with E-state index < -0.39 is 0 Å². The fraction of sp³-hybridized carbons (Fsp3) is 0.312. The lowest BCUT2D eigenvalue weighted by Gasteiger charge is -2.13. The third-order valence-electron chi connectivity index (χ3n) is 3.33. The van der Waals surface area contributed by atoms with E-state index in [4.69, 9.17) is 9.47 Å². The van der Waals surface area contributed by atoms with Gasteiger partial charge >= 0.3 is 0 Å². The van der Waals surface area contributed by atoms with E-state index in [1.54, 1.807) is 12.3 Å². The van der Waals surface area contributed by atoms with E-state index in [9.17, 15) is 4.39 Å². The molecular formula is C16H17FN2O2. The topological polar surface area (TPSA) is 43.4 Å². The van der Waals surface area contributed by atoms with Crippen molar-refractivity contribution in [2.24, 2.45) is 0 Å². The normalized spacial score (nSPS) is 16.2. The van der Waals surface area contributed by atoms with Crippen molar-refractivity contribution in [2.45, 2.75) is 19.4 Å². The zero-order valence-electron chi connectivity index (χ0n) is 11.8. The third kappa shape index (κ3) is 3.24. The highest BCUT2D eigenvalue weighted by Gasteiger charge is 2.22. The van der Waals surface area contributed by atoms with E-state index in [1.165, 1.54) is 12.1 Å². The molecule has 0 saturated heterocycles. The molecule has 1 aromatic carbocycles. The molecule has 1 unspecified atom stereocenters. The maximum absolute atomic E-state index is 13.1. The first-order valence-electron chi connectivity index (χ1n) is 7.02. The zero-order valence-corrected chi connectivity index (χ0v) is 11.8. The second-order valence-electron chi connectivity index (χ2n) is 4.90. The average molecular weight is 288 g/mol. The monoisotopic (exact) mass is 288 g/mol. The second-order valence-corrected chi connectivity index (χ2v) is 4.90. The van der Waals surface area contributed by atoms with Crippen LogP contribution in [0, 0.1) is 5.82 Å². The van der Waals surface area contributed by atoms with Crippen molar-refractivity contribution in [3.8, 4) is 11.6 Å². The van der Waals surface area contributed by atoms with Crippen LogP contribution < -0.4 is 14.8 Å². The molecule has 2 aromatic rings. The highest BCUT2D eigenvalue weighted by Crippen LogP contribution is 2.29. The van der Waals surface area contributed by atoms with Crippen LogP contribution >= 0.6 is 0 Å². The fourth-order valence-corrected chi connectivity index (χ4v) is 2.35. The summed E-state index contributed by atoms with van der Waals surface area (Å²) in [5.74, 6) is 1.16. The number of rotatable bonds is 5. The molecule has 1 aliphatic rings. The van der Waals surface area contributed by atoms with E-state index in [0.717, 1.165) is 17.0 Å². The van der Waals surface area contributed by atoms with Gasteiger partial charge in [-0.1, -0.05) is 0 Å². The summed E-state index contributed by atoms with van der Waals surface area (Å²) in [6.07, 6.45) is 2.45. The first-order chi connectivity index (χ1) is 10.2. The van der Waals surface area contributed by atoms with Crippen LogP contribution in [-0.2, 0) is 6.42 Å². The maximum atomic E-state index is 13.1.